The molecule has 5 rings (SSSR count). The summed E-state index contributed by atoms with van der Waals surface area (Å²) in [5.41, 5.74) is 2.70. The first-order valence-corrected chi connectivity index (χ1v) is 14.6. The zero-order valence-electron chi connectivity index (χ0n) is 21.4. The molecule has 0 aliphatic rings. The van der Waals surface area contributed by atoms with E-state index in [0.717, 1.165) is 11.7 Å². The molecule has 0 N–H and O–H groups in total. The van der Waals surface area contributed by atoms with Crippen LogP contribution in [0.2, 0.25) is 0 Å². The van der Waals surface area contributed by atoms with Crippen molar-refractivity contribution in [2.45, 2.75) is 12.8 Å². The summed E-state index contributed by atoms with van der Waals surface area (Å²) in [5.74, 6) is 0.354. The molecule has 3 nitrogen and oxygen atoms in total. The van der Waals surface area contributed by atoms with Gasteiger partial charge in [0.25, 0.3) is 0 Å². The van der Waals surface area contributed by atoms with Crippen LogP contribution >= 0.6 is 7.26 Å². The first-order chi connectivity index (χ1) is 18.7. The number of carbonyl (C=O) groups is 1. The molecule has 0 fully saturated rings. The van der Waals surface area contributed by atoms with E-state index in [4.69, 9.17) is 9.47 Å². The number of rotatable bonds is 9. The zero-order chi connectivity index (χ0) is 26.2. The molecule has 0 radical (unpaired) electrons. The van der Waals surface area contributed by atoms with Crippen molar-refractivity contribution in [1.29, 1.82) is 0 Å². The molecule has 0 spiro atoms. The molecule has 5 aromatic rings. The van der Waals surface area contributed by atoms with Gasteiger partial charge in [0.05, 0.1) is 18.8 Å². The molecule has 0 saturated heterocycles. The van der Waals surface area contributed by atoms with Crippen LogP contribution in [0.1, 0.15) is 21.5 Å². The summed E-state index contributed by atoms with van der Waals surface area (Å²) >= 11 is 0. The predicted octanol–water partition coefficient (Wildman–Crippen LogP) is 6.55. The Hall–Kier alpha value is -4.20. The van der Waals surface area contributed by atoms with Crippen LogP contribution in [-0.4, -0.2) is 13.1 Å². The lowest BCUT2D eigenvalue weighted by atomic mass is 10.1. The maximum absolute atomic E-state index is 12.8. The van der Waals surface area contributed by atoms with E-state index >= 15 is 0 Å². The molecule has 38 heavy (non-hydrogen) atoms. The Morgan fingerprint density at radius 1 is 0.579 bits per heavy atom. The van der Waals surface area contributed by atoms with Gasteiger partial charge in [-0.25, -0.2) is 4.79 Å². The van der Waals surface area contributed by atoms with Gasteiger partial charge >= 0.3 is 5.97 Å². The van der Waals surface area contributed by atoms with Gasteiger partial charge in [-0.05, 0) is 71.8 Å². The van der Waals surface area contributed by atoms with Crippen molar-refractivity contribution >= 4 is 29.1 Å². The summed E-state index contributed by atoms with van der Waals surface area (Å²) in [4.78, 5) is 12.8. The van der Waals surface area contributed by atoms with Crippen molar-refractivity contribution in [1.82, 2.24) is 0 Å². The molecule has 0 unspecified atom stereocenters. The Kier molecular flexibility index (Phi) is 7.97. The van der Waals surface area contributed by atoms with Gasteiger partial charge in [-0.15, -0.1) is 0 Å². The lowest BCUT2D eigenvalue weighted by Crippen LogP contribution is -2.32. The van der Waals surface area contributed by atoms with Crippen LogP contribution in [0, 0.1) is 0 Å². The minimum absolute atomic E-state index is 0.208. The number of benzene rings is 5. The Morgan fingerprint density at radius 3 is 1.50 bits per heavy atom. The smallest absolute Gasteiger partial charge is 0.338 e. The summed E-state index contributed by atoms with van der Waals surface area (Å²) in [6.45, 7) is 0.208. The normalized spacial score (nSPS) is 11.1. The van der Waals surface area contributed by atoms with Crippen LogP contribution in [0.3, 0.4) is 0 Å². The molecule has 0 saturated carbocycles. The fraction of sp³-hybridized carbons (Fsp3) is 0.0882. The number of methoxy groups -OCH3 is 1. The minimum Gasteiger partial charge on any atom is -0.497 e. The predicted molar refractivity (Wildman–Crippen MR) is 157 cm³/mol. The van der Waals surface area contributed by atoms with E-state index in [1.165, 1.54) is 21.5 Å². The molecular weight excluding hydrogens is 487 g/mol. The molecule has 0 atom stereocenters. The molecule has 0 aliphatic carbocycles. The van der Waals surface area contributed by atoms with Crippen LogP contribution in [0.25, 0.3) is 0 Å². The third-order valence-corrected chi connectivity index (χ3v) is 11.2. The van der Waals surface area contributed by atoms with Crippen LogP contribution in [0.4, 0.5) is 0 Å². The van der Waals surface area contributed by atoms with Gasteiger partial charge in [0.2, 0.25) is 0 Å². The number of ether oxygens (including phenoxy) is 2. The number of carbonyl (C=O) groups excluding carboxylic acids is 1. The molecule has 4 heteroatoms. The SMILES string of the molecule is COc1ccc(C(=O)OCc2ccccc2C[P+](c2ccccc2)(c2ccccc2)c2ccccc2)cc1. The van der Waals surface area contributed by atoms with Crippen molar-refractivity contribution < 1.29 is 14.3 Å². The largest absolute Gasteiger partial charge is 0.497 e. The highest BCUT2D eigenvalue weighted by Gasteiger charge is 2.45. The van der Waals surface area contributed by atoms with Crippen molar-refractivity contribution in [2.24, 2.45) is 0 Å². The topological polar surface area (TPSA) is 35.5 Å². The van der Waals surface area contributed by atoms with E-state index in [1.54, 1.807) is 31.4 Å². The van der Waals surface area contributed by atoms with Crippen molar-refractivity contribution in [3.63, 3.8) is 0 Å². The van der Waals surface area contributed by atoms with Crippen molar-refractivity contribution in [2.75, 3.05) is 7.11 Å². The lowest BCUT2D eigenvalue weighted by molar-refractivity contribution is 0.0472. The zero-order valence-corrected chi connectivity index (χ0v) is 22.3. The van der Waals surface area contributed by atoms with Crippen LogP contribution in [0.15, 0.2) is 140 Å². The molecule has 0 aliphatic heterocycles. The molecule has 0 aromatic heterocycles. The maximum atomic E-state index is 12.8. The molecular formula is C34H30O3P+. The van der Waals surface area contributed by atoms with Gasteiger partial charge in [0, 0.05) is 0 Å². The van der Waals surface area contributed by atoms with Crippen molar-refractivity contribution in [3.8, 4) is 5.75 Å². The average molecular weight is 518 g/mol. The average Bonchev–Trinajstić information content (AvgIpc) is 3.00. The Bertz CT molecular complexity index is 1370. The van der Waals surface area contributed by atoms with Gasteiger partial charge in [-0.2, -0.15) is 0 Å². The van der Waals surface area contributed by atoms with Gasteiger partial charge in [-0.3, -0.25) is 0 Å². The minimum atomic E-state index is -2.07. The second-order valence-corrected chi connectivity index (χ2v) is 12.5. The monoisotopic (exact) mass is 517 g/mol. The van der Waals surface area contributed by atoms with E-state index < -0.39 is 7.26 Å². The Morgan fingerprint density at radius 2 is 1.03 bits per heavy atom. The second kappa shape index (κ2) is 11.9. The molecule has 0 amide bonds. The second-order valence-electron chi connectivity index (χ2n) is 9.05. The highest BCUT2D eigenvalue weighted by molar-refractivity contribution is 7.95. The van der Waals surface area contributed by atoms with Crippen LogP contribution in [0.5, 0.6) is 5.75 Å². The van der Waals surface area contributed by atoms with E-state index in [0.29, 0.717) is 11.3 Å². The Labute approximate surface area is 225 Å². The van der Waals surface area contributed by atoms with Gasteiger partial charge in [0.1, 0.15) is 35.5 Å². The van der Waals surface area contributed by atoms with Crippen LogP contribution < -0.4 is 20.7 Å². The van der Waals surface area contributed by atoms with E-state index in [1.807, 2.05) is 6.07 Å². The quantitative estimate of drug-likeness (QED) is 0.164. The summed E-state index contributed by atoms with van der Waals surface area (Å²) in [5, 5.41) is 3.97. The number of hydrogen-bond acceptors (Lipinski definition) is 3. The van der Waals surface area contributed by atoms with Gasteiger partial charge in [-0.1, -0.05) is 78.9 Å². The van der Waals surface area contributed by atoms with E-state index in [-0.39, 0.29) is 12.6 Å². The van der Waals surface area contributed by atoms with Crippen molar-refractivity contribution in [3.05, 3.63) is 156 Å². The molecule has 0 bridgehead atoms. The van der Waals surface area contributed by atoms with Gasteiger partial charge in [0.15, 0.2) is 0 Å². The van der Waals surface area contributed by atoms with E-state index in [2.05, 4.69) is 109 Å². The molecule has 5 aromatic carbocycles. The maximum Gasteiger partial charge on any atom is 0.338 e. The fourth-order valence-corrected chi connectivity index (χ4v) is 9.14. The standard InChI is InChI=1S/C34H30O3P/c1-36-30-23-21-27(22-24-30)34(35)37-25-28-13-11-12-14-29(28)26-38(31-15-5-2-6-16-31,32-17-7-3-8-18-32)33-19-9-4-10-20-33/h2-24H,25-26H2,1H3/q+1. The first-order valence-electron chi connectivity index (χ1n) is 12.6. The lowest BCUT2D eigenvalue weighted by Gasteiger charge is -2.28. The highest BCUT2D eigenvalue weighted by Crippen LogP contribution is 2.58. The van der Waals surface area contributed by atoms with Crippen LogP contribution in [-0.2, 0) is 17.5 Å². The first kappa shape index (κ1) is 25.4. The summed E-state index contributed by atoms with van der Waals surface area (Å²) in [6, 6.07) is 47.7. The third kappa shape index (κ3) is 5.39. The highest BCUT2D eigenvalue weighted by atomic mass is 31.2. The summed E-state index contributed by atoms with van der Waals surface area (Å²) in [7, 11) is -0.467. The fourth-order valence-electron chi connectivity index (χ4n) is 4.83. The molecule has 0 heterocycles. The molecule has 188 valence electrons. The number of hydrogen-bond donors (Lipinski definition) is 0. The summed E-state index contributed by atoms with van der Waals surface area (Å²) < 4.78 is 11.0. The number of esters is 1. The van der Waals surface area contributed by atoms with Gasteiger partial charge < -0.3 is 9.47 Å². The third-order valence-electron chi connectivity index (χ3n) is 6.80. The summed E-state index contributed by atoms with van der Waals surface area (Å²) in [6.07, 6.45) is 0.821. The Balaban J connectivity index is 1.53. The van der Waals surface area contributed by atoms with E-state index in [9.17, 15) is 4.79 Å².